The molecular weight excluding hydrogens is 342 g/mol. The molecule has 6 heteroatoms. The predicted octanol–water partition coefficient (Wildman–Crippen LogP) is 2.92. The van der Waals surface area contributed by atoms with Gasteiger partial charge in [0.15, 0.2) is 11.5 Å². The van der Waals surface area contributed by atoms with E-state index in [1.54, 1.807) is 37.2 Å². The smallest absolute Gasteiger partial charge is 0.255 e. The third kappa shape index (κ3) is 3.77. The van der Waals surface area contributed by atoms with Gasteiger partial charge in [0.1, 0.15) is 5.69 Å². The molecule has 0 bridgehead atoms. The fraction of sp³-hybridized carbons (Fsp3) is 0.143. The molecule has 1 N–H and O–H groups in total. The van der Waals surface area contributed by atoms with Crippen molar-refractivity contribution >= 4 is 5.91 Å². The van der Waals surface area contributed by atoms with Crippen molar-refractivity contribution in [1.82, 2.24) is 15.1 Å². The Bertz CT molecular complexity index is 988. The Hall–Kier alpha value is -3.72. The summed E-state index contributed by atoms with van der Waals surface area (Å²) in [5.41, 5.74) is 2.51. The first-order chi connectivity index (χ1) is 13.2. The van der Waals surface area contributed by atoms with Crippen LogP contribution in [0.25, 0.3) is 16.9 Å². The maximum Gasteiger partial charge on any atom is 0.255 e. The Kier molecular flexibility index (Phi) is 5.43. The Morgan fingerprint density at radius 2 is 1.89 bits per heavy atom. The first-order valence-corrected chi connectivity index (χ1v) is 8.27. The van der Waals surface area contributed by atoms with Crippen LogP contribution in [0.4, 0.5) is 0 Å². The molecule has 3 rings (SSSR count). The minimum atomic E-state index is -0.292. The van der Waals surface area contributed by atoms with Crippen LogP contribution in [-0.2, 0) is 0 Å². The molecule has 6 nitrogen and oxygen atoms in total. The first-order valence-electron chi connectivity index (χ1n) is 8.27. The van der Waals surface area contributed by atoms with E-state index in [4.69, 9.17) is 15.9 Å². The van der Waals surface area contributed by atoms with Crippen molar-refractivity contribution in [2.24, 2.45) is 0 Å². The van der Waals surface area contributed by atoms with E-state index in [-0.39, 0.29) is 12.5 Å². The molecule has 0 spiro atoms. The van der Waals surface area contributed by atoms with Crippen LogP contribution < -0.4 is 14.8 Å². The highest BCUT2D eigenvalue weighted by atomic mass is 16.5. The minimum Gasteiger partial charge on any atom is -0.493 e. The lowest BCUT2D eigenvalue weighted by Gasteiger charge is -2.09. The van der Waals surface area contributed by atoms with E-state index in [0.717, 1.165) is 11.3 Å². The first kappa shape index (κ1) is 18.1. The van der Waals surface area contributed by atoms with Gasteiger partial charge in [0.05, 0.1) is 32.0 Å². The quantitative estimate of drug-likeness (QED) is 0.686. The molecule has 0 saturated heterocycles. The van der Waals surface area contributed by atoms with Gasteiger partial charge in [-0.25, -0.2) is 4.68 Å². The number of benzene rings is 2. The zero-order valence-electron chi connectivity index (χ0n) is 15.1. The molecule has 1 heterocycles. The van der Waals surface area contributed by atoms with E-state index < -0.39 is 0 Å². The normalized spacial score (nSPS) is 10.1. The van der Waals surface area contributed by atoms with E-state index in [0.29, 0.717) is 22.8 Å². The van der Waals surface area contributed by atoms with E-state index >= 15 is 0 Å². The molecule has 2 aromatic carbocycles. The number of aromatic nitrogens is 2. The summed E-state index contributed by atoms with van der Waals surface area (Å²) >= 11 is 0. The van der Waals surface area contributed by atoms with Crippen molar-refractivity contribution in [3.63, 3.8) is 0 Å². The van der Waals surface area contributed by atoms with Crippen molar-refractivity contribution in [2.75, 3.05) is 20.8 Å². The van der Waals surface area contributed by atoms with E-state index in [1.807, 2.05) is 36.4 Å². The molecule has 0 saturated carbocycles. The van der Waals surface area contributed by atoms with E-state index in [1.165, 1.54) is 0 Å². The minimum absolute atomic E-state index is 0.140. The zero-order chi connectivity index (χ0) is 19.2. The molecule has 0 aliphatic rings. The largest absolute Gasteiger partial charge is 0.493 e. The lowest BCUT2D eigenvalue weighted by atomic mass is 10.1. The Morgan fingerprint density at radius 3 is 2.56 bits per heavy atom. The van der Waals surface area contributed by atoms with E-state index in [9.17, 15) is 4.79 Å². The molecule has 0 fully saturated rings. The topological polar surface area (TPSA) is 65.4 Å². The average Bonchev–Trinajstić information content (AvgIpc) is 3.17. The fourth-order valence-electron chi connectivity index (χ4n) is 2.68. The monoisotopic (exact) mass is 361 g/mol. The number of ether oxygens (including phenoxy) is 2. The van der Waals surface area contributed by atoms with Gasteiger partial charge >= 0.3 is 0 Å². The third-order valence-corrected chi connectivity index (χ3v) is 3.99. The number of nitrogens with zero attached hydrogens (tertiary/aromatic N) is 2. The van der Waals surface area contributed by atoms with Crippen molar-refractivity contribution in [1.29, 1.82) is 0 Å². The lowest BCUT2D eigenvalue weighted by Crippen LogP contribution is -2.23. The summed E-state index contributed by atoms with van der Waals surface area (Å²) in [6.45, 7) is 0.140. The van der Waals surface area contributed by atoms with Crippen LogP contribution in [0.1, 0.15) is 10.4 Å². The average molecular weight is 361 g/mol. The highest BCUT2D eigenvalue weighted by Gasteiger charge is 2.19. The van der Waals surface area contributed by atoms with Gasteiger partial charge in [0.25, 0.3) is 5.91 Å². The molecule has 136 valence electrons. The lowest BCUT2D eigenvalue weighted by molar-refractivity contribution is 0.0959. The predicted molar refractivity (Wildman–Crippen MR) is 103 cm³/mol. The molecule has 0 aliphatic carbocycles. The SMILES string of the molecule is C#CCNC(=O)c1cn(-c2ccccc2)nc1-c1ccc(OC)c(OC)c1. The number of carbonyl (C=O) groups is 1. The van der Waals surface area contributed by atoms with E-state index in [2.05, 4.69) is 16.3 Å². The number of terminal acetylenes is 1. The maximum absolute atomic E-state index is 12.6. The fourth-order valence-corrected chi connectivity index (χ4v) is 2.68. The summed E-state index contributed by atoms with van der Waals surface area (Å²) in [7, 11) is 3.13. The maximum atomic E-state index is 12.6. The standard InChI is InChI=1S/C21H19N3O3/c1-4-12-22-21(25)17-14-24(16-8-6-5-7-9-16)23-20(17)15-10-11-18(26-2)19(13-15)27-3/h1,5-11,13-14H,12H2,2-3H3,(H,22,25). The van der Waals surface area contributed by atoms with Gasteiger partial charge in [-0.3, -0.25) is 4.79 Å². The molecule has 1 amide bonds. The van der Waals surface area contributed by atoms with Crippen molar-refractivity contribution in [3.8, 4) is 40.8 Å². The second-order valence-electron chi connectivity index (χ2n) is 5.63. The number of hydrogen-bond donors (Lipinski definition) is 1. The van der Waals surface area contributed by atoms with Gasteiger partial charge < -0.3 is 14.8 Å². The van der Waals surface area contributed by atoms with Crippen LogP contribution in [0.2, 0.25) is 0 Å². The van der Waals surface area contributed by atoms with Gasteiger partial charge in [-0.15, -0.1) is 6.42 Å². The Labute approximate surface area is 157 Å². The van der Waals surface area contributed by atoms with Crippen LogP contribution >= 0.6 is 0 Å². The van der Waals surface area contributed by atoms with Gasteiger partial charge in [-0.2, -0.15) is 5.10 Å². The summed E-state index contributed by atoms with van der Waals surface area (Å²) in [5, 5.41) is 7.31. The molecular formula is C21H19N3O3. The molecule has 0 radical (unpaired) electrons. The molecule has 0 unspecified atom stereocenters. The highest BCUT2D eigenvalue weighted by Crippen LogP contribution is 2.33. The van der Waals surface area contributed by atoms with Crippen molar-refractivity contribution in [3.05, 3.63) is 60.3 Å². The number of rotatable bonds is 6. The van der Waals surface area contributed by atoms with Crippen LogP contribution in [0.5, 0.6) is 11.5 Å². The summed E-state index contributed by atoms with van der Waals surface area (Å²) in [4.78, 5) is 12.6. The zero-order valence-corrected chi connectivity index (χ0v) is 15.1. The van der Waals surface area contributed by atoms with Crippen molar-refractivity contribution in [2.45, 2.75) is 0 Å². The molecule has 1 aromatic heterocycles. The second kappa shape index (κ2) is 8.11. The molecule has 3 aromatic rings. The summed E-state index contributed by atoms with van der Waals surface area (Å²) in [6, 6.07) is 15.0. The van der Waals surface area contributed by atoms with Crippen LogP contribution in [-0.4, -0.2) is 36.5 Å². The Balaban J connectivity index is 2.11. The summed E-state index contributed by atoms with van der Waals surface area (Å²) in [6.07, 6.45) is 6.94. The number of amides is 1. The number of carbonyl (C=O) groups excluding carboxylic acids is 1. The summed E-state index contributed by atoms with van der Waals surface area (Å²) in [5.74, 6) is 3.27. The molecule has 27 heavy (non-hydrogen) atoms. The van der Waals surface area contributed by atoms with Gasteiger partial charge in [0, 0.05) is 11.8 Å². The number of methoxy groups -OCH3 is 2. The molecule has 0 aliphatic heterocycles. The second-order valence-corrected chi connectivity index (χ2v) is 5.63. The number of hydrogen-bond acceptors (Lipinski definition) is 4. The highest BCUT2D eigenvalue weighted by molar-refractivity contribution is 6.00. The number of para-hydroxylation sites is 1. The Morgan fingerprint density at radius 1 is 1.15 bits per heavy atom. The van der Waals surface area contributed by atoms with Gasteiger partial charge in [-0.1, -0.05) is 24.1 Å². The number of nitrogens with one attached hydrogen (secondary N) is 1. The molecule has 0 atom stereocenters. The van der Waals surface area contributed by atoms with Crippen LogP contribution in [0.15, 0.2) is 54.7 Å². The van der Waals surface area contributed by atoms with Crippen LogP contribution in [0, 0.1) is 12.3 Å². The third-order valence-electron chi connectivity index (χ3n) is 3.99. The summed E-state index contributed by atoms with van der Waals surface area (Å²) < 4.78 is 12.3. The van der Waals surface area contributed by atoms with Gasteiger partial charge in [0.2, 0.25) is 0 Å². The van der Waals surface area contributed by atoms with Gasteiger partial charge in [-0.05, 0) is 30.3 Å². The van der Waals surface area contributed by atoms with Crippen LogP contribution in [0.3, 0.4) is 0 Å². The van der Waals surface area contributed by atoms with Crippen molar-refractivity contribution < 1.29 is 14.3 Å².